The van der Waals surface area contributed by atoms with E-state index in [0.29, 0.717) is 22.8 Å². The van der Waals surface area contributed by atoms with Gasteiger partial charge in [0, 0.05) is 12.1 Å². The van der Waals surface area contributed by atoms with Gasteiger partial charge in [0.15, 0.2) is 0 Å². The minimum absolute atomic E-state index is 0.0526. The molecule has 1 fully saturated rings. The molecule has 1 aliphatic rings. The smallest absolute Gasteiger partial charge is 0.270 e. The molecule has 4 rings (SSSR count). The van der Waals surface area contributed by atoms with Crippen LogP contribution in [-0.2, 0) is 0 Å². The number of benzene rings is 2. The van der Waals surface area contributed by atoms with Gasteiger partial charge in [-0.2, -0.15) is 0 Å². The molecule has 0 spiro atoms. The van der Waals surface area contributed by atoms with Gasteiger partial charge in [0.1, 0.15) is 11.6 Å². The molecule has 0 amide bonds. The van der Waals surface area contributed by atoms with Gasteiger partial charge in [0.25, 0.3) is 11.2 Å². The number of hydrogen-bond donors (Lipinski definition) is 1. The van der Waals surface area contributed by atoms with Gasteiger partial charge in [0.2, 0.25) is 0 Å². The standard InChI is InChI=1S/C20H20N4O4/c1-28-15-8-5-13(6-9-15)23-19(18-4-2-3-11-21-18)22-17-10-7-14(24(26)27)12-16(17)20(23)25/h5-10,12,18,21H,2-4,11H2,1H3. The maximum atomic E-state index is 13.4. The maximum Gasteiger partial charge on any atom is 0.270 e. The average molecular weight is 380 g/mol. The van der Waals surface area contributed by atoms with Gasteiger partial charge in [-0.25, -0.2) is 4.98 Å². The maximum absolute atomic E-state index is 13.4. The van der Waals surface area contributed by atoms with E-state index < -0.39 is 4.92 Å². The summed E-state index contributed by atoms with van der Waals surface area (Å²) in [5.41, 5.74) is 0.661. The van der Waals surface area contributed by atoms with E-state index in [1.54, 1.807) is 42.0 Å². The molecule has 28 heavy (non-hydrogen) atoms. The Morgan fingerprint density at radius 2 is 2.00 bits per heavy atom. The van der Waals surface area contributed by atoms with Gasteiger partial charge in [-0.1, -0.05) is 6.42 Å². The minimum Gasteiger partial charge on any atom is -0.497 e. The highest BCUT2D eigenvalue weighted by molar-refractivity contribution is 5.80. The number of non-ortho nitro benzene ring substituents is 1. The van der Waals surface area contributed by atoms with Crippen LogP contribution in [0.2, 0.25) is 0 Å². The average Bonchev–Trinajstić information content (AvgIpc) is 2.74. The lowest BCUT2D eigenvalue weighted by molar-refractivity contribution is -0.384. The first kappa shape index (κ1) is 18.1. The van der Waals surface area contributed by atoms with Crippen LogP contribution in [-0.4, -0.2) is 28.1 Å². The fraction of sp³-hybridized carbons (Fsp3) is 0.300. The van der Waals surface area contributed by atoms with Crippen molar-refractivity contribution >= 4 is 16.6 Å². The predicted octanol–water partition coefficient (Wildman–Crippen LogP) is 3.12. The fourth-order valence-electron chi connectivity index (χ4n) is 3.59. The molecular weight excluding hydrogens is 360 g/mol. The topological polar surface area (TPSA) is 99.3 Å². The van der Waals surface area contributed by atoms with E-state index >= 15 is 0 Å². The number of nitro groups is 1. The van der Waals surface area contributed by atoms with Crippen molar-refractivity contribution in [2.24, 2.45) is 0 Å². The number of nitrogens with one attached hydrogen (secondary N) is 1. The number of hydrogen-bond acceptors (Lipinski definition) is 6. The molecule has 2 aromatic carbocycles. The van der Waals surface area contributed by atoms with Crippen LogP contribution in [0.3, 0.4) is 0 Å². The van der Waals surface area contributed by atoms with E-state index in [-0.39, 0.29) is 22.7 Å². The van der Waals surface area contributed by atoms with E-state index in [4.69, 9.17) is 9.72 Å². The Labute approximate surface area is 160 Å². The molecule has 0 saturated carbocycles. The molecule has 1 atom stereocenters. The molecule has 8 nitrogen and oxygen atoms in total. The SMILES string of the molecule is COc1ccc(-n2c(C3CCCCN3)nc3ccc([N+](=O)[O-])cc3c2=O)cc1. The third-order valence-electron chi connectivity index (χ3n) is 5.04. The zero-order chi connectivity index (χ0) is 19.7. The largest absolute Gasteiger partial charge is 0.497 e. The van der Waals surface area contributed by atoms with Crippen LogP contribution < -0.4 is 15.6 Å². The molecule has 1 unspecified atom stereocenters. The summed E-state index contributed by atoms with van der Waals surface area (Å²) in [6, 6.07) is 11.3. The Hall–Kier alpha value is -3.26. The van der Waals surface area contributed by atoms with E-state index in [0.717, 1.165) is 25.8 Å². The summed E-state index contributed by atoms with van der Waals surface area (Å²) >= 11 is 0. The van der Waals surface area contributed by atoms with E-state index in [1.165, 1.54) is 12.1 Å². The number of rotatable bonds is 4. The summed E-state index contributed by atoms with van der Waals surface area (Å²) < 4.78 is 6.75. The summed E-state index contributed by atoms with van der Waals surface area (Å²) in [5, 5.41) is 14.8. The van der Waals surface area contributed by atoms with E-state index in [9.17, 15) is 14.9 Å². The van der Waals surface area contributed by atoms with Crippen LogP contribution >= 0.6 is 0 Å². The van der Waals surface area contributed by atoms with Crippen molar-refractivity contribution in [3.8, 4) is 11.4 Å². The second-order valence-corrected chi connectivity index (χ2v) is 6.77. The van der Waals surface area contributed by atoms with Gasteiger partial charge < -0.3 is 10.1 Å². The highest BCUT2D eigenvalue weighted by Crippen LogP contribution is 2.26. The van der Waals surface area contributed by atoms with Gasteiger partial charge in [0.05, 0.1) is 34.7 Å². The Morgan fingerprint density at radius 1 is 1.21 bits per heavy atom. The van der Waals surface area contributed by atoms with Gasteiger partial charge in [-0.3, -0.25) is 19.5 Å². The first-order valence-electron chi connectivity index (χ1n) is 9.17. The van der Waals surface area contributed by atoms with Gasteiger partial charge >= 0.3 is 0 Å². The number of nitro benzene ring substituents is 1. The lowest BCUT2D eigenvalue weighted by Crippen LogP contribution is -2.34. The summed E-state index contributed by atoms with van der Waals surface area (Å²) in [6.45, 7) is 0.863. The molecule has 0 bridgehead atoms. The van der Waals surface area contributed by atoms with Gasteiger partial charge in [-0.15, -0.1) is 0 Å². The van der Waals surface area contributed by atoms with Crippen molar-refractivity contribution in [2.45, 2.75) is 25.3 Å². The zero-order valence-electron chi connectivity index (χ0n) is 15.4. The highest BCUT2D eigenvalue weighted by Gasteiger charge is 2.23. The van der Waals surface area contributed by atoms with Gasteiger partial charge in [-0.05, 0) is 49.7 Å². The van der Waals surface area contributed by atoms with Crippen molar-refractivity contribution in [3.63, 3.8) is 0 Å². The molecule has 0 aliphatic carbocycles. The molecular formula is C20H20N4O4. The number of nitrogens with zero attached hydrogens (tertiary/aromatic N) is 3. The second kappa shape index (κ2) is 7.40. The van der Waals surface area contributed by atoms with E-state index in [2.05, 4.69) is 5.32 Å². The first-order valence-corrected chi connectivity index (χ1v) is 9.17. The quantitative estimate of drug-likeness (QED) is 0.551. The summed E-state index contributed by atoms with van der Waals surface area (Å²) in [7, 11) is 1.58. The third-order valence-corrected chi connectivity index (χ3v) is 5.04. The summed E-state index contributed by atoms with van der Waals surface area (Å²) in [4.78, 5) is 28.7. The molecule has 3 aromatic rings. The van der Waals surface area contributed by atoms with Crippen LogP contribution in [0.4, 0.5) is 5.69 Å². The molecule has 144 valence electrons. The summed E-state index contributed by atoms with van der Waals surface area (Å²) in [5.74, 6) is 1.30. The van der Waals surface area contributed by atoms with Crippen LogP contribution in [0.25, 0.3) is 16.6 Å². The number of fused-ring (bicyclic) bond motifs is 1. The number of piperidine rings is 1. The lowest BCUT2D eigenvalue weighted by Gasteiger charge is -2.26. The number of methoxy groups -OCH3 is 1. The monoisotopic (exact) mass is 380 g/mol. The number of ether oxygens (including phenoxy) is 1. The van der Waals surface area contributed by atoms with Crippen LogP contribution in [0.1, 0.15) is 31.1 Å². The lowest BCUT2D eigenvalue weighted by atomic mass is 10.0. The van der Waals surface area contributed by atoms with Crippen molar-refractivity contribution in [1.82, 2.24) is 14.9 Å². The third kappa shape index (κ3) is 3.22. The van der Waals surface area contributed by atoms with E-state index in [1.807, 2.05) is 0 Å². The Kier molecular flexibility index (Phi) is 4.79. The van der Waals surface area contributed by atoms with Crippen LogP contribution in [0, 0.1) is 10.1 Å². The molecule has 1 saturated heterocycles. The molecule has 1 N–H and O–H groups in total. The van der Waals surface area contributed by atoms with Crippen LogP contribution in [0.5, 0.6) is 5.75 Å². The second-order valence-electron chi connectivity index (χ2n) is 6.77. The normalized spacial score (nSPS) is 16.8. The van der Waals surface area contributed by atoms with Crippen molar-refractivity contribution in [2.75, 3.05) is 13.7 Å². The first-order chi connectivity index (χ1) is 13.6. The Balaban J connectivity index is 1.97. The fourth-order valence-corrected chi connectivity index (χ4v) is 3.59. The predicted molar refractivity (Wildman–Crippen MR) is 105 cm³/mol. The number of aromatic nitrogens is 2. The van der Waals surface area contributed by atoms with Crippen LogP contribution in [0.15, 0.2) is 47.3 Å². The Bertz CT molecular complexity index is 1090. The molecule has 0 radical (unpaired) electrons. The molecule has 1 aromatic heterocycles. The highest BCUT2D eigenvalue weighted by atomic mass is 16.6. The zero-order valence-corrected chi connectivity index (χ0v) is 15.4. The molecule has 2 heterocycles. The van der Waals surface area contributed by atoms with Crippen molar-refractivity contribution in [1.29, 1.82) is 0 Å². The van der Waals surface area contributed by atoms with Crippen molar-refractivity contribution < 1.29 is 9.66 Å². The Morgan fingerprint density at radius 3 is 2.64 bits per heavy atom. The molecule has 1 aliphatic heterocycles. The molecule has 8 heteroatoms. The minimum atomic E-state index is -0.507. The van der Waals surface area contributed by atoms with Crippen molar-refractivity contribution in [3.05, 3.63) is 68.8 Å². The summed E-state index contributed by atoms with van der Waals surface area (Å²) in [6.07, 6.45) is 3.01.